The third-order valence-electron chi connectivity index (χ3n) is 2.95. The molecule has 2 aromatic rings. The Balaban J connectivity index is 2.48. The van der Waals surface area contributed by atoms with Gasteiger partial charge in [0.1, 0.15) is 0 Å². The van der Waals surface area contributed by atoms with Crippen LogP contribution in [0.1, 0.15) is 41.7 Å². The standard InChI is InChI=1S/C21H16/c1-4-8-18-10-6-7-11-19(18)14-15-20-13-12-17(3)16-21(20)9-5-2/h6-7,10-13,16H,1-3H3. The molecule has 0 nitrogen and oxygen atoms in total. The van der Waals surface area contributed by atoms with Crippen molar-refractivity contribution < 1.29 is 0 Å². The quantitative estimate of drug-likeness (QED) is 0.630. The maximum absolute atomic E-state index is 3.22. The van der Waals surface area contributed by atoms with Crippen LogP contribution in [-0.4, -0.2) is 0 Å². The zero-order valence-electron chi connectivity index (χ0n) is 12.5. The van der Waals surface area contributed by atoms with Crippen LogP contribution in [-0.2, 0) is 0 Å². The Hall–Kier alpha value is -2.88. The van der Waals surface area contributed by atoms with E-state index in [4.69, 9.17) is 0 Å². The SMILES string of the molecule is CC#Cc1ccccc1C#Cc1ccc(C)cc1C#CC. The molecule has 0 saturated heterocycles. The maximum Gasteiger partial charge on any atom is 0.0405 e. The van der Waals surface area contributed by atoms with Crippen molar-refractivity contribution in [2.45, 2.75) is 20.8 Å². The van der Waals surface area contributed by atoms with Gasteiger partial charge in [0.25, 0.3) is 0 Å². The van der Waals surface area contributed by atoms with Gasteiger partial charge in [-0.25, -0.2) is 0 Å². The highest BCUT2D eigenvalue weighted by atomic mass is 14.0. The van der Waals surface area contributed by atoms with Crippen molar-refractivity contribution in [3.63, 3.8) is 0 Å². The van der Waals surface area contributed by atoms with Crippen LogP contribution < -0.4 is 0 Å². The second-order valence-electron chi connectivity index (χ2n) is 4.59. The molecule has 0 heteroatoms. The number of hydrogen-bond donors (Lipinski definition) is 0. The summed E-state index contributed by atoms with van der Waals surface area (Å²) in [5.41, 5.74) is 5.03. The van der Waals surface area contributed by atoms with Crippen LogP contribution in [0.15, 0.2) is 42.5 Å². The third kappa shape index (κ3) is 3.79. The molecule has 0 bridgehead atoms. The van der Waals surface area contributed by atoms with E-state index in [-0.39, 0.29) is 0 Å². The minimum atomic E-state index is 0.947. The summed E-state index contributed by atoms with van der Waals surface area (Å²) in [4.78, 5) is 0. The topological polar surface area (TPSA) is 0 Å². The van der Waals surface area contributed by atoms with E-state index in [9.17, 15) is 0 Å². The minimum absolute atomic E-state index is 0.947. The lowest BCUT2D eigenvalue weighted by molar-refractivity contribution is 1.43. The monoisotopic (exact) mass is 268 g/mol. The first-order valence-corrected chi connectivity index (χ1v) is 6.82. The zero-order chi connectivity index (χ0) is 15.1. The summed E-state index contributed by atoms with van der Waals surface area (Å²) in [5.74, 6) is 18.5. The molecule has 0 aliphatic carbocycles. The molecule has 0 fully saturated rings. The van der Waals surface area contributed by atoms with Gasteiger partial charge < -0.3 is 0 Å². The Morgan fingerprint density at radius 1 is 0.619 bits per heavy atom. The number of rotatable bonds is 0. The molecule has 0 aliphatic heterocycles. The fourth-order valence-electron chi connectivity index (χ4n) is 1.98. The first kappa shape index (κ1) is 14.5. The third-order valence-corrected chi connectivity index (χ3v) is 2.95. The summed E-state index contributed by atoms with van der Waals surface area (Å²) in [5, 5.41) is 0. The van der Waals surface area contributed by atoms with Gasteiger partial charge in [-0.2, -0.15) is 0 Å². The zero-order valence-corrected chi connectivity index (χ0v) is 12.5. The van der Waals surface area contributed by atoms with E-state index in [0.717, 1.165) is 22.3 Å². The molecule has 0 spiro atoms. The number of benzene rings is 2. The second kappa shape index (κ2) is 7.05. The van der Waals surface area contributed by atoms with Gasteiger partial charge in [0.15, 0.2) is 0 Å². The van der Waals surface area contributed by atoms with Gasteiger partial charge in [0, 0.05) is 22.3 Å². The van der Waals surface area contributed by atoms with Crippen molar-refractivity contribution in [2.75, 3.05) is 0 Å². The molecule has 0 heterocycles. The molecule has 21 heavy (non-hydrogen) atoms. The van der Waals surface area contributed by atoms with E-state index in [1.54, 1.807) is 0 Å². The highest BCUT2D eigenvalue weighted by Crippen LogP contribution is 2.11. The number of aryl methyl sites for hydroxylation is 1. The van der Waals surface area contributed by atoms with Gasteiger partial charge >= 0.3 is 0 Å². The van der Waals surface area contributed by atoms with Crippen LogP contribution in [0.25, 0.3) is 0 Å². The van der Waals surface area contributed by atoms with Gasteiger partial charge in [-0.05, 0) is 50.6 Å². The molecule has 0 N–H and O–H groups in total. The van der Waals surface area contributed by atoms with Gasteiger partial charge in [-0.3, -0.25) is 0 Å². The van der Waals surface area contributed by atoms with Crippen LogP contribution in [0.5, 0.6) is 0 Å². The number of hydrogen-bond acceptors (Lipinski definition) is 0. The second-order valence-corrected chi connectivity index (χ2v) is 4.59. The molecular weight excluding hydrogens is 252 g/mol. The van der Waals surface area contributed by atoms with Gasteiger partial charge in [-0.15, -0.1) is 11.8 Å². The minimum Gasteiger partial charge on any atom is -0.101 e. The normalized spacial score (nSPS) is 8.52. The Morgan fingerprint density at radius 2 is 1.14 bits per heavy atom. The Labute approximate surface area is 127 Å². The molecule has 0 aromatic heterocycles. The molecule has 0 aliphatic rings. The van der Waals surface area contributed by atoms with Gasteiger partial charge in [-0.1, -0.05) is 41.9 Å². The Kier molecular flexibility index (Phi) is 4.88. The van der Waals surface area contributed by atoms with E-state index in [1.165, 1.54) is 5.56 Å². The van der Waals surface area contributed by atoms with E-state index < -0.39 is 0 Å². The fourth-order valence-corrected chi connectivity index (χ4v) is 1.98. The van der Waals surface area contributed by atoms with E-state index in [1.807, 2.05) is 44.2 Å². The average molecular weight is 268 g/mol. The van der Waals surface area contributed by atoms with Crippen molar-refractivity contribution in [3.8, 4) is 35.5 Å². The summed E-state index contributed by atoms with van der Waals surface area (Å²) in [6.07, 6.45) is 0. The molecule has 2 rings (SSSR count). The van der Waals surface area contributed by atoms with Crippen LogP contribution in [0, 0.1) is 42.4 Å². The molecule has 0 atom stereocenters. The summed E-state index contributed by atoms with van der Waals surface area (Å²) in [7, 11) is 0. The predicted octanol–water partition coefficient (Wildman–Crippen LogP) is 4.14. The molecular formula is C21H16. The highest BCUT2D eigenvalue weighted by Gasteiger charge is 1.98. The lowest BCUT2D eigenvalue weighted by Gasteiger charge is -1.99. The van der Waals surface area contributed by atoms with Crippen LogP contribution in [0.2, 0.25) is 0 Å². The first-order chi connectivity index (χ1) is 10.2. The summed E-state index contributed by atoms with van der Waals surface area (Å²) >= 11 is 0. The molecule has 100 valence electrons. The van der Waals surface area contributed by atoms with Crippen molar-refractivity contribution in [1.82, 2.24) is 0 Å². The Morgan fingerprint density at radius 3 is 1.76 bits per heavy atom. The highest BCUT2D eigenvalue weighted by molar-refractivity contribution is 5.56. The first-order valence-electron chi connectivity index (χ1n) is 6.82. The molecule has 0 radical (unpaired) electrons. The van der Waals surface area contributed by atoms with Crippen molar-refractivity contribution >= 4 is 0 Å². The van der Waals surface area contributed by atoms with Gasteiger partial charge in [0.05, 0.1) is 0 Å². The van der Waals surface area contributed by atoms with Crippen LogP contribution in [0.3, 0.4) is 0 Å². The Bertz CT molecular complexity index is 835. The van der Waals surface area contributed by atoms with E-state index >= 15 is 0 Å². The lowest BCUT2D eigenvalue weighted by atomic mass is 10.0. The smallest absolute Gasteiger partial charge is 0.0405 e. The molecule has 0 amide bonds. The molecule has 0 unspecified atom stereocenters. The predicted molar refractivity (Wildman–Crippen MR) is 88.7 cm³/mol. The van der Waals surface area contributed by atoms with Crippen LogP contribution >= 0.6 is 0 Å². The fraction of sp³-hybridized carbons (Fsp3) is 0.143. The summed E-state index contributed by atoms with van der Waals surface area (Å²) < 4.78 is 0. The molecule has 2 aromatic carbocycles. The van der Waals surface area contributed by atoms with Crippen molar-refractivity contribution in [3.05, 3.63) is 70.3 Å². The van der Waals surface area contributed by atoms with Crippen LogP contribution in [0.4, 0.5) is 0 Å². The summed E-state index contributed by atoms with van der Waals surface area (Å²) in [6, 6.07) is 14.1. The lowest BCUT2D eigenvalue weighted by Crippen LogP contribution is -1.87. The van der Waals surface area contributed by atoms with E-state index in [0.29, 0.717) is 0 Å². The van der Waals surface area contributed by atoms with Crippen molar-refractivity contribution in [2.24, 2.45) is 0 Å². The summed E-state index contributed by atoms with van der Waals surface area (Å²) in [6.45, 7) is 5.73. The van der Waals surface area contributed by atoms with E-state index in [2.05, 4.69) is 54.6 Å². The largest absolute Gasteiger partial charge is 0.101 e. The maximum atomic E-state index is 3.22. The van der Waals surface area contributed by atoms with Gasteiger partial charge in [0.2, 0.25) is 0 Å². The van der Waals surface area contributed by atoms with Crippen molar-refractivity contribution in [1.29, 1.82) is 0 Å². The average Bonchev–Trinajstić information content (AvgIpc) is 2.48. The molecule has 0 saturated carbocycles.